The van der Waals surface area contributed by atoms with Gasteiger partial charge in [-0.2, -0.15) is 0 Å². The van der Waals surface area contributed by atoms with E-state index < -0.39 is 6.04 Å². The highest BCUT2D eigenvalue weighted by Crippen LogP contribution is 2.21. The standard InChI is InChI=1S/C21H26ClN3O2/c1-15(26)23-19(17-9-11-18(22)12-10-17)13-21(27)24-20(14-25(2)3)16-7-5-4-6-8-16/h4-12,19-20H,13-14H2,1-3H3,(H,23,26)(H,24,27)/t19-,20-/m0/s1. The van der Waals surface area contributed by atoms with Gasteiger partial charge >= 0.3 is 0 Å². The molecule has 0 spiro atoms. The molecule has 0 heterocycles. The van der Waals surface area contributed by atoms with Crippen molar-refractivity contribution in [3.8, 4) is 0 Å². The maximum Gasteiger partial charge on any atom is 0.222 e. The van der Waals surface area contributed by atoms with Gasteiger partial charge in [0.15, 0.2) is 0 Å². The van der Waals surface area contributed by atoms with E-state index in [1.807, 2.05) is 61.5 Å². The van der Waals surface area contributed by atoms with Crippen LogP contribution < -0.4 is 10.6 Å². The number of hydrogen-bond donors (Lipinski definition) is 2. The van der Waals surface area contributed by atoms with Gasteiger partial charge in [0.2, 0.25) is 11.8 Å². The third-order valence-electron chi connectivity index (χ3n) is 4.12. The van der Waals surface area contributed by atoms with Crippen LogP contribution in [0.2, 0.25) is 5.02 Å². The molecule has 2 aromatic carbocycles. The van der Waals surface area contributed by atoms with Gasteiger partial charge in [-0.1, -0.05) is 54.1 Å². The number of likely N-dealkylation sites (N-methyl/N-ethyl adjacent to an activating group) is 1. The van der Waals surface area contributed by atoms with Crippen LogP contribution in [0.1, 0.15) is 36.6 Å². The van der Waals surface area contributed by atoms with Gasteiger partial charge in [0.05, 0.1) is 18.5 Å². The van der Waals surface area contributed by atoms with Crippen molar-refractivity contribution >= 4 is 23.4 Å². The lowest BCUT2D eigenvalue weighted by Gasteiger charge is -2.24. The Bertz CT molecular complexity index is 748. The van der Waals surface area contributed by atoms with Crippen molar-refractivity contribution < 1.29 is 9.59 Å². The maximum atomic E-state index is 12.7. The number of nitrogens with zero attached hydrogens (tertiary/aromatic N) is 1. The highest BCUT2D eigenvalue weighted by atomic mass is 35.5. The number of benzene rings is 2. The van der Waals surface area contributed by atoms with Gasteiger partial charge in [0.25, 0.3) is 0 Å². The van der Waals surface area contributed by atoms with Crippen molar-refractivity contribution in [3.63, 3.8) is 0 Å². The molecule has 0 radical (unpaired) electrons. The zero-order chi connectivity index (χ0) is 19.8. The topological polar surface area (TPSA) is 61.4 Å². The van der Waals surface area contributed by atoms with Crippen LogP contribution in [-0.2, 0) is 9.59 Å². The van der Waals surface area contributed by atoms with Crippen molar-refractivity contribution in [2.24, 2.45) is 0 Å². The van der Waals surface area contributed by atoms with Gasteiger partial charge in [-0.15, -0.1) is 0 Å². The molecule has 0 unspecified atom stereocenters. The number of nitrogens with one attached hydrogen (secondary N) is 2. The van der Waals surface area contributed by atoms with Crippen LogP contribution in [0.5, 0.6) is 0 Å². The zero-order valence-corrected chi connectivity index (χ0v) is 16.7. The van der Waals surface area contributed by atoms with Crippen molar-refractivity contribution in [1.29, 1.82) is 0 Å². The Kier molecular flexibility index (Phi) is 7.82. The fraction of sp³-hybridized carbons (Fsp3) is 0.333. The summed E-state index contributed by atoms with van der Waals surface area (Å²) in [5.41, 5.74) is 1.88. The van der Waals surface area contributed by atoms with E-state index in [1.165, 1.54) is 6.92 Å². The predicted molar refractivity (Wildman–Crippen MR) is 109 cm³/mol. The van der Waals surface area contributed by atoms with E-state index in [1.54, 1.807) is 12.1 Å². The molecule has 27 heavy (non-hydrogen) atoms. The van der Waals surface area contributed by atoms with E-state index in [9.17, 15) is 9.59 Å². The number of carbonyl (C=O) groups is 2. The minimum atomic E-state index is -0.407. The first-order chi connectivity index (χ1) is 12.8. The summed E-state index contributed by atoms with van der Waals surface area (Å²) in [5, 5.41) is 6.55. The summed E-state index contributed by atoms with van der Waals surface area (Å²) in [5.74, 6) is -0.310. The van der Waals surface area contributed by atoms with Crippen molar-refractivity contribution in [3.05, 3.63) is 70.7 Å². The largest absolute Gasteiger partial charge is 0.349 e. The molecule has 0 aliphatic carbocycles. The van der Waals surface area contributed by atoms with Gasteiger partial charge < -0.3 is 15.5 Å². The first-order valence-corrected chi connectivity index (χ1v) is 9.24. The van der Waals surface area contributed by atoms with Gasteiger partial charge in [0.1, 0.15) is 0 Å². The van der Waals surface area contributed by atoms with Gasteiger partial charge in [0, 0.05) is 18.5 Å². The predicted octanol–water partition coefficient (Wildman–Crippen LogP) is 3.33. The number of halogens is 1. The zero-order valence-electron chi connectivity index (χ0n) is 15.9. The molecule has 0 aliphatic heterocycles. The van der Waals surface area contributed by atoms with Gasteiger partial charge in [-0.3, -0.25) is 9.59 Å². The molecule has 2 amide bonds. The summed E-state index contributed by atoms with van der Waals surface area (Å²) < 4.78 is 0. The van der Waals surface area contributed by atoms with Crippen LogP contribution >= 0.6 is 11.6 Å². The summed E-state index contributed by atoms with van der Waals surface area (Å²) in [6.45, 7) is 2.13. The van der Waals surface area contributed by atoms with Crippen LogP contribution in [0.3, 0.4) is 0 Å². The molecule has 0 fully saturated rings. The Labute approximate surface area is 165 Å². The van der Waals surface area contributed by atoms with Crippen LogP contribution in [0.4, 0.5) is 0 Å². The van der Waals surface area contributed by atoms with Crippen LogP contribution in [0.15, 0.2) is 54.6 Å². The average Bonchev–Trinajstić information content (AvgIpc) is 2.61. The molecule has 2 N–H and O–H groups in total. The Balaban J connectivity index is 2.12. The highest BCUT2D eigenvalue weighted by molar-refractivity contribution is 6.30. The average molecular weight is 388 g/mol. The third kappa shape index (κ3) is 7.04. The fourth-order valence-electron chi connectivity index (χ4n) is 2.92. The molecule has 0 saturated heterocycles. The molecule has 6 heteroatoms. The van der Waals surface area contributed by atoms with E-state index >= 15 is 0 Å². The monoisotopic (exact) mass is 387 g/mol. The minimum absolute atomic E-state index is 0.126. The smallest absolute Gasteiger partial charge is 0.222 e. The Morgan fingerprint density at radius 1 is 0.926 bits per heavy atom. The lowest BCUT2D eigenvalue weighted by Crippen LogP contribution is -2.38. The molecule has 0 aromatic heterocycles. The van der Waals surface area contributed by atoms with E-state index in [0.717, 1.165) is 11.1 Å². The number of amides is 2. The highest BCUT2D eigenvalue weighted by Gasteiger charge is 2.20. The molecule has 2 rings (SSSR count). The Morgan fingerprint density at radius 2 is 1.52 bits per heavy atom. The van der Waals surface area contributed by atoms with E-state index in [4.69, 9.17) is 11.6 Å². The fourth-order valence-corrected chi connectivity index (χ4v) is 3.04. The number of carbonyl (C=O) groups excluding carboxylic acids is 2. The molecular weight excluding hydrogens is 362 g/mol. The van der Waals surface area contributed by atoms with Crippen molar-refractivity contribution in [2.75, 3.05) is 20.6 Å². The maximum absolute atomic E-state index is 12.7. The summed E-state index contributed by atoms with van der Waals surface area (Å²) in [6, 6.07) is 16.5. The van der Waals surface area contributed by atoms with Crippen molar-refractivity contribution in [1.82, 2.24) is 15.5 Å². The Hall–Kier alpha value is -2.37. The van der Waals surface area contributed by atoms with Gasteiger partial charge in [-0.25, -0.2) is 0 Å². The van der Waals surface area contributed by atoms with Gasteiger partial charge in [-0.05, 0) is 37.4 Å². The van der Waals surface area contributed by atoms with Crippen LogP contribution in [-0.4, -0.2) is 37.4 Å². The first-order valence-electron chi connectivity index (χ1n) is 8.86. The summed E-state index contributed by atoms with van der Waals surface area (Å²) >= 11 is 5.94. The quantitative estimate of drug-likeness (QED) is 0.730. The molecule has 2 atom stereocenters. The first kappa shape index (κ1) is 20.9. The second kappa shape index (κ2) is 10.1. The van der Waals surface area contributed by atoms with Crippen LogP contribution in [0, 0.1) is 0 Å². The Morgan fingerprint density at radius 3 is 2.07 bits per heavy atom. The molecule has 2 aromatic rings. The summed E-state index contributed by atoms with van der Waals surface area (Å²) in [7, 11) is 3.94. The summed E-state index contributed by atoms with van der Waals surface area (Å²) in [4.78, 5) is 26.4. The second-order valence-electron chi connectivity index (χ2n) is 6.80. The molecular formula is C21H26ClN3O2. The SMILES string of the molecule is CC(=O)N[C@@H](CC(=O)N[C@@H](CN(C)C)c1ccccc1)c1ccc(Cl)cc1. The normalized spacial score (nSPS) is 13.1. The lowest BCUT2D eigenvalue weighted by atomic mass is 10.0. The third-order valence-corrected chi connectivity index (χ3v) is 4.38. The molecule has 144 valence electrons. The number of hydrogen-bond acceptors (Lipinski definition) is 3. The number of rotatable bonds is 8. The lowest BCUT2D eigenvalue weighted by molar-refractivity contribution is -0.123. The van der Waals surface area contributed by atoms with Crippen molar-refractivity contribution in [2.45, 2.75) is 25.4 Å². The van der Waals surface area contributed by atoms with E-state index in [0.29, 0.717) is 11.6 Å². The van der Waals surface area contributed by atoms with E-state index in [2.05, 4.69) is 10.6 Å². The molecule has 0 saturated carbocycles. The second-order valence-corrected chi connectivity index (χ2v) is 7.24. The molecule has 5 nitrogen and oxygen atoms in total. The van der Waals surface area contributed by atoms with Crippen LogP contribution in [0.25, 0.3) is 0 Å². The molecule has 0 bridgehead atoms. The minimum Gasteiger partial charge on any atom is -0.349 e. The molecule has 0 aliphatic rings. The van der Waals surface area contributed by atoms with E-state index in [-0.39, 0.29) is 24.3 Å². The summed E-state index contributed by atoms with van der Waals surface area (Å²) in [6.07, 6.45) is 0.151.